The number of carbonyl (C=O) groups is 1. The number of aryl methyl sites for hydroxylation is 2. The minimum absolute atomic E-state index is 0.0470. The van der Waals surface area contributed by atoms with Crippen molar-refractivity contribution in [1.82, 2.24) is 0 Å². The van der Waals surface area contributed by atoms with Crippen LogP contribution in [0.3, 0.4) is 0 Å². The molecule has 1 saturated carbocycles. The number of halogens is 3. The number of hydrogen-bond acceptors (Lipinski definition) is 1. The maximum atomic E-state index is 13.3. The van der Waals surface area contributed by atoms with Crippen molar-refractivity contribution in [3.63, 3.8) is 0 Å². The van der Waals surface area contributed by atoms with Crippen molar-refractivity contribution in [2.75, 3.05) is 5.32 Å². The van der Waals surface area contributed by atoms with Crippen LogP contribution in [-0.4, -0.2) is 12.1 Å². The average Bonchev–Trinajstić information content (AvgIpc) is 3.01. The number of hydrogen-bond donors (Lipinski definition) is 1. The Balaban J connectivity index is 1.64. The van der Waals surface area contributed by atoms with E-state index in [0.717, 1.165) is 23.6 Å². The van der Waals surface area contributed by atoms with Crippen LogP contribution in [0.1, 0.15) is 36.8 Å². The summed E-state index contributed by atoms with van der Waals surface area (Å²) < 4.78 is 39.8. The summed E-state index contributed by atoms with van der Waals surface area (Å²) in [6, 6.07) is 9.77. The number of alkyl halides is 3. The van der Waals surface area contributed by atoms with Gasteiger partial charge in [0.1, 0.15) is 0 Å². The fourth-order valence-corrected chi connectivity index (χ4v) is 4.42. The zero-order chi connectivity index (χ0) is 17.6. The molecule has 1 fully saturated rings. The zero-order valence-corrected chi connectivity index (χ0v) is 13.8. The number of carbonyl (C=O) groups excluding carboxylic acids is 1. The van der Waals surface area contributed by atoms with Crippen molar-refractivity contribution in [2.24, 2.45) is 11.8 Å². The molecule has 2 aromatic carbocycles. The van der Waals surface area contributed by atoms with Gasteiger partial charge >= 0.3 is 6.18 Å². The van der Waals surface area contributed by atoms with E-state index in [9.17, 15) is 18.0 Å². The monoisotopic (exact) mass is 347 g/mol. The molecule has 2 aromatic rings. The highest BCUT2D eigenvalue weighted by atomic mass is 19.4. The fourth-order valence-electron chi connectivity index (χ4n) is 4.42. The molecule has 2 aliphatic rings. The Labute approximate surface area is 144 Å². The molecular formula is C20H20F3NO. The molecule has 2 aliphatic carbocycles. The predicted molar refractivity (Wildman–Crippen MR) is 91.5 cm³/mol. The topological polar surface area (TPSA) is 29.1 Å². The van der Waals surface area contributed by atoms with E-state index in [4.69, 9.17) is 0 Å². The fraction of sp³-hybridized carbons (Fsp3) is 0.450. The van der Waals surface area contributed by atoms with Crippen LogP contribution < -0.4 is 5.32 Å². The number of rotatable bonds is 2. The van der Waals surface area contributed by atoms with Gasteiger partial charge in [-0.25, -0.2) is 0 Å². The van der Waals surface area contributed by atoms with Gasteiger partial charge in [0, 0.05) is 17.0 Å². The summed E-state index contributed by atoms with van der Waals surface area (Å²) in [4.78, 5) is 12.6. The standard InChI is InChI=1S/C20H20F3NO/c21-20(22,23)16-7-2-1-5-14(16)19(25)24-17-11-10-13-9-8-12-4-3-6-15(17)18(12)13/h3-4,6,10-11,14,16H,1-2,5,7-9H2,(H,24,25). The van der Waals surface area contributed by atoms with Crippen LogP contribution in [0.2, 0.25) is 0 Å². The lowest BCUT2D eigenvalue weighted by Gasteiger charge is -2.32. The lowest BCUT2D eigenvalue weighted by molar-refractivity contribution is -0.197. The third-order valence-electron chi connectivity index (χ3n) is 5.66. The van der Waals surface area contributed by atoms with Gasteiger partial charge < -0.3 is 5.32 Å². The Kier molecular flexibility index (Phi) is 3.97. The Morgan fingerprint density at radius 2 is 1.72 bits per heavy atom. The first-order valence-corrected chi connectivity index (χ1v) is 8.86. The van der Waals surface area contributed by atoms with E-state index in [1.54, 1.807) is 0 Å². The molecule has 0 aliphatic heterocycles. The van der Waals surface area contributed by atoms with E-state index in [-0.39, 0.29) is 6.42 Å². The average molecular weight is 347 g/mol. The summed E-state index contributed by atoms with van der Waals surface area (Å²) >= 11 is 0. The second-order valence-corrected chi connectivity index (χ2v) is 7.14. The molecule has 5 heteroatoms. The third kappa shape index (κ3) is 2.90. The van der Waals surface area contributed by atoms with Crippen LogP contribution in [0.15, 0.2) is 30.3 Å². The van der Waals surface area contributed by atoms with Crippen molar-refractivity contribution in [2.45, 2.75) is 44.7 Å². The van der Waals surface area contributed by atoms with Gasteiger partial charge in [-0.15, -0.1) is 0 Å². The van der Waals surface area contributed by atoms with Gasteiger partial charge in [-0.2, -0.15) is 13.2 Å². The summed E-state index contributed by atoms with van der Waals surface area (Å²) in [6.07, 6.45) is -0.803. The van der Waals surface area contributed by atoms with Gasteiger partial charge in [0.15, 0.2) is 0 Å². The van der Waals surface area contributed by atoms with E-state index in [2.05, 4.69) is 11.4 Å². The Hall–Kier alpha value is -2.04. The normalized spacial score (nSPS) is 23.0. The van der Waals surface area contributed by atoms with Crippen LogP contribution in [0.25, 0.3) is 10.8 Å². The van der Waals surface area contributed by atoms with E-state index in [0.29, 0.717) is 24.9 Å². The van der Waals surface area contributed by atoms with E-state index < -0.39 is 23.9 Å². The van der Waals surface area contributed by atoms with Crippen LogP contribution in [-0.2, 0) is 17.6 Å². The molecule has 2 unspecified atom stereocenters. The highest BCUT2D eigenvalue weighted by Gasteiger charge is 2.48. The molecule has 0 heterocycles. The number of anilines is 1. The van der Waals surface area contributed by atoms with Crippen LogP contribution in [0.5, 0.6) is 0 Å². The van der Waals surface area contributed by atoms with Crippen LogP contribution in [0, 0.1) is 11.8 Å². The lowest BCUT2D eigenvalue weighted by Crippen LogP contribution is -2.39. The van der Waals surface area contributed by atoms with Gasteiger partial charge in [0.2, 0.25) is 5.91 Å². The second kappa shape index (κ2) is 6.04. The largest absolute Gasteiger partial charge is 0.392 e. The van der Waals surface area contributed by atoms with E-state index >= 15 is 0 Å². The van der Waals surface area contributed by atoms with Gasteiger partial charge in [-0.3, -0.25) is 4.79 Å². The Bertz CT molecular complexity index is 817. The molecule has 0 radical (unpaired) electrons. The molecule has 1 N–H and O–H groups in total. The number of nitrogens with one attached hydrogen (secondary N) is 1. The molecule has 0 saturated heterocycles. The maximum absolute atomic E-state index is 13.3. The molecule has 2 nitrogen and oxygen atoms in total. The molecule has 2 atom stereocenters. The molecule has 1 amide bonds. The third-order valence-corrected chi connectivity index (χ3v) is 5.66. The highest BCUT2D eigenvalue weighted by molar-refractivity contribution is 6.05. The first kappa shape index (κ1) is 16.4. The molecule has 0 aromatic heterocycles. The number of amides is 1. The Morgan fingerprint density at radius 3 is 2.48 bits per heavy atom. The van der Waals surface area contributed by atoms with Gasteiger partial charge in [-0.1, -0.05) is 37.1 Å². The Morgan fingerprint density at radius 1 is 1.00 bits per heavy atom. The summed E-state index contributed by atoms with van der Waals surface area (Å²) in [5.74, 6) is -3.02. The smallest absolute Gasteiger partial charge is 0.325 e. The maximum Gasteiger partial charge on any atom is 0.392 e. The minimum Gasteiger partial charge on any atom is -0.325 e. The molecule has 25 heavy (non-hydrogen) atoms. The first-order valence-electron chi connectivity index (χ1n) is 8.86. The minimum atomic E-state index is -4.32. The van der Waals surface area contributed by atoms with E-state index in [1.807, 2.05) is 24.3 Å². The van der Waals surface area contributed by atoms with E-state index in [1.165, 1.54) is 11.1 Å². The first-order chi connectivity index (χ1) is 11.9. The second-order valence-electron chi connectivity index (χ2n) is 7.14. The molecule has 4 rings (SSSR count). The summed E-state index contributed by atoms with van der Waals surface area (Å²) in [5.41, 5.74) is 3.11. The lowest BCUT2D eigenvalue weighted by atomic mass is 9.78. The number of benzene rings is 2. The van der Waals surface area contributed by atoms with Crippen molar-refractivity contribution < 1.29 is 18.0 Å². The summed E-state index contributed by atoms with van der Waals surface area (Å²) in [6.45, 7) is 0. The zero-order valence-electron chi connectivity index (χ0n) is 13.8. The summed E-state index contributed by atoms with van der Waals surface area (Å²) in [7, 11) is 0. The van der Waals surface area contributed by atoms with Gasteiger partial charge in [-0.05, 0) is 48.3 Å². The van der Waals surface area contributed by atoms with Gasteiger partial charge in [0.25, 0.3) is 0 Å². The highest BCUT2D eigenvalue weighted by Crippen LogP contribution is 2.42. The van der Waals surface area contributed by atoms with Crippen molar-refractivity contribution in [3.05, 3.63) is 41.5 Å². The SMILES string of the molecule is O=C(Nc1ccc2c3c(cccc13)CC2)C1CCCCC1C(F)(F)F. The quantitative estimate of drug-likeness (QED) is 0.790. The van der Waals surface area contributed by atoms with Gasteiger partial charge in [0.05, 0.1) is 5.92 Å². The van der Waals surface area contributed by atoms with Crippen molar-refractivity contribution in [1.29, 1.82) is 0 Å². The van der Waals surface area contributed by atoms with Crippen molar-refractivity contribution in [3.8, 4) is 0 Å². The van der Waals surface area contributed by atoms with Crippen molar-refractivity contribution >= 4 is 22.4 Å². The molecule has 132 valence electrons. The molecule has 0 bridgehead atoms. The predicted octanol–water partition coefficient (Wildman–Crippen LogP) is 5.25. The van der Waals surface area contributed by atoms with Crippen LogP contribution in [0.4, 0.5) is 18.9 Å². The summed E-state index contributed by atoms with van der Waals surface area (Å²) in [5, 5.41) is 4.88. The molecular weight excluding hydrogens is 327 g/mol. The van der Waals surface area contributed by atoms with Crippen LogP contribution >= 0.6 is 0 Å². The molecule has 0 spiro atoms.